The van der Waals surface area contributed by atoms with Crippen LogP contribution in [0.5, 0.6) is 23.0 Å². The Labute approximate surface area is 193 Å². The smallest absolute Gasteiger partial charge is 0.293 e. The summed E-state index contributed by atoms with van der Waals surface area (Å²) >= 11 is 7.21. The molecule has 0 aromatic heterocycles. The highest BCUT2D eigenvalue weighted by Crippen LogP contribution is 2.39. The quantitative estimate of drug-likeness (QED) is 0.424. The SMILES string of the molecule is O=C1S/C(=C/c2cccc(Oc3ccccc3)c2)C(=O)N1Cc1cc2c(cc1Cl)OCO2. The molecular weight excluding hydrogens is 450 g/mol. The molecule has 2 heterocycles. The third kappa shape index (κ3) is 4.17. The van der Waals surface area contributed by atoms with Gasteiger partial charge in [0.1, 0.15) is 11.5 Å². The Balaban J connectivity index is 1.34. The lowest BCUT2D eigenvalue weighted by molar-refractivity contribution is -0.123. The van der Waals surface area contributed by atoms with E-state index in [9.17, 15) is 9.59 Å². The number of thioether (sulfide) groups is 1. The van der Waals surface area contributed by atoms with E-state index >= 15 is 0 Å². The fraction of sp³-hybridized carbons (Fsp3) is 0.0833. The van der Waals surface area contributed by atoms with E-state index in [0.29, 0.717) is 38.5 Å². The van der Waals surface area contributed by atoms with Crippen molar-refractivity contribution in [2.75, 3.05) is 6.79 Å². The van der Waals surface area contributed by atoms with Crippen LogP contribution in [0.1, 0.15) is 11.1 Å². The Morgan fingerprint density at radius 3 is 2.53 bits per heavy atom. The molecule has 1 fully saturated rings. The van der Waals surface area contributed by atoms with Crippen molar-refractivity contribution in [3.63, 3.8) is 0 Å². The summed E-state index contributed by atoms with van der Waals surface area (Å²) in [7, 11) is 0. The maximum atomic E-state index is 12.9. The lowest BCUT2D eigenvalue weighted by Gasteiger charge is -2.14. The van der Waals surface area contributed by atoms with Gasteiger partial charge in [0.15, 0.2) is 11.5 Å². The van der Waals surface area contributed by atoms with Crippen LogP contribution in [-0.2, 0) is 11.3 Å². The van der Waals surface area contributed by atoms with E-state index in [4.69, 9.17) is 25.8 Å². The van der Waals surface area contributed by atoms with Crippen LogP contribution in [0.25, 0.3) is 6.08 Å². The number of carbonyl (C=O) groups is 2. The van der Waals surface area contributed by atoms with Gasteiger partial charge in [0.05, 0.1) is 11.4 Å². The Morgan fingerprint density at radius 2 is 1.72 bits per heavy atom. The second-order valence-corrected chi connectivity index (χ2v) is 8.45. The van der Waals surface area contributed by atoms with Crippen LogP contribution >= 0.6 is 23.4 Å². The number of halogens is 1. The first-order valence-electron chi connectivity index (χ1n) is 9.73. The molecule has 0 unspecified atom stereocenters. The molecule has 32 heavy (non-hydrogen) atoms. The molecule has 2 amide bonds. The van der Waals surface area contributed by atoms with Crippen molar-refractivity contribution in [3.8, 4) is 23.0 Å². The number of imide groups is 1. The molecule has 0 spiro atoms. The summed E-state index contributed by atoms with van der Waals surface area (Å²) in [5.74, 6) is 2.07. The Bertz CT molecular complexity index is 1240. The summed E-state index contributed by atoms with van der Waals surface area (Å²) in [5, 5.41) is 0.0507. The number of benzene rings is 3. The van der Waals surface area contributed by atoms with Crippen molar-refractivity contribution in [2.45, 2.75) is 6.54 Å². The highest BCUT2D eigenvalue weighted by atomic mass is 35.5. The largest absolute Gasteiger partial charge is 0.457 e. The van der Waals surface area contributed by atoms with Gasteiger partial charge in [-0.05, 0) is 59.3 Å². The number of amides is 2. The highest BCUT2D eigenvalue weighted by molar-refractivity contribution is 8.18. The minimum absolute atomic E-state index is 0.0502. The third-order valence-electron chi connectivity index (χ3n) is 4.88. The molecule has 160 valence electrons. The van der Waals surface area contributed by atoms with E-state index < -0.39 is 0 Å². The second-order valence-electron chi connectivity index (χ2n) is 7.05. The van der Waals surface area contributed by atoms with E-state index in [1.54, 1.807) is 18.2 Å². The standard InChI is InChI=1S/C24H16ClNO5S/c25-19-12-21-20(29-14-30-21)11-16(19)13-26-23(27)22(32-24(26)28)10-15-5-4-8-18(9-15)31-17-6-2-1-3-7-17/h1-12H,13-14H2/b22-10+. The first kappa shape index (κ1) is 20.5. The van der Waals surface area contributed by atoms with Gasteiger partial charge in [-0.2, -0.15) is 0 Å². The number of ether oxygens (including phenoxy) is 3. The molecule has 0 radical (unpaired) electrons. The van der Waals surface area contributed by atoms with Gasteiger partial charge in [-0.25, -0.2) is 0 Å². The van der Waals surface area contributed by atoms with Gasteiger partial charge in [0.25, 0.3) is 11.1 Å². The van der Waals surface area contributed by atoms with E-state index in [0.717, 1.165) is 17.3 Å². The molecule has 6 nitrogen and oxygen atoms in total. The van der Waals surface area contributed by atoms with E-state index in [1.165, 1.54) is 4.90 Å². The van der Waals surface area contributed by atoms with Gasteiger partial charge < -0.3 is 14.2 Å². The number of fused-ring (bicyclic) bond motifs is 1. The topological polar surface area (TPSA) is 65.1 Å². The van der Waals surface area contributed by atoms with Crippen LogP contribution in [0.4, 0.5) is 4.79 Å². The van der Waals surface area contributed by atoms with Crippen molar-refractivity contribution < 1.29 is 23.8 Å². The maximum Gasteiger partial charge on any atom is 0.293 e. The molecule has 8 heteroatoms. The van der Waals surface area contributed by atoms with Crippen LogP contribution in [-0.4, -0.2) is 22.8 Å². The summed E-state index contributed by atoms with van der Waals surface area (Å²) in [6.07, 6.45) is 1.68. The zero-order valence-electron chi connectivity index (χ0n) is 16.6. The number of rotatable bonds is 5. The third-order valence-corrected chi connectivity index (χ3v) is 6.14. The fourth-order valence-corrected chi connectivity index (χ4v) is 4.38. The zero-order chi connectivity index (χ0) is 22.1. The van der Waals surface area contributed by atoms with Crippen molar-refractivity contribution in [1.82, 2.24) is 4.90 Å². The van der Waals surface area contributed by atoms with Gasteiger partial charge in [-0.15, -0.1) is 0 Å². The van der Waals surface area contributed by atoms with Gasteiger partial charge in [0, 0.05) is 11.1 Å². The summed E-state index contributed by atoms with van der Waals surface area (Å²) in [5.41, 5.74) is 1.36. The van der Waals surface area contributed by atoms with Crippen molar-refractivity contribution in [3.05, 3.63) is 87.8 Å². The number of hydrogen-bond acceptors (Lipinski definition) is 6. The first-order valence-corrected chi connectivity index (χ1v) is 10.9. The molecule has 0 bridgehead atoms. The van der Waals surface area contributed by atoms with Crippen LogP contribution in [0.3, 0.4) is 0 Å². The minimum Gasteiger partial charge on any atom is -0.457 e. The van der Waals surface area contributed by atoms with Gasteiger partial charge >= 0.3 is 0 Å². The average Bonchev–Trinajstić information content (AvgIpc) is 3.34. The molecule has 1 saturated heterocycles. The molecule has 0 atom stereocenters. The van der Waals surface area contributed by atoms with E-state index in [1.807, 2.05) is 54.6 Å². The average molecular weight is 466 g/mol. The van der Waals surface area contributed by atoms with Crippen molar-refractivity contribution in [1.29, 1.82) is 0 Å². The summed E-state index contributed by atoms with van der Waals surface area (Å²) in [6.45, 7) is 0.168. The van der Waals surface area contributed by atoms with Gasteiger partial charge in [0.2, 0.25) is 6.79 Å². The van der Waals surface area contributed by atoms with E-state index in [-0.39, 0.29) is 24.5 Å². The normalized spacial score (nSPS) is 16.2. The molecule has 0 aliphatic carbocycles. The molecule has 0 N–H and O–H groups in total. The molecule has 2 aliphatic rings. The molecule has 3 aromatic rings. The molecular formula is C24H16ClNO5S. The monoisotopic (exact) mass is 465 g/mol. The predicted octanol–water partition coefficient (Wildman–Crippen LogP) is 6.10. The van der Waals surface area contributed by atoms with Gasteiger partial charge in [-0.1, -0.05) is 41.9 Å². The van der Waals surface area contributed by atoms with Crippen LogP contribution < -0.4 is 14.2 Å². The second kappa shape index (κ2) is 8.61. The minimum atomic E-state index is -0.372. The number of nitrogens with zero attached hydrogens (tertiary/aromatic N) is 1. The molecule has 3 aromatic carbocycles. The fourth-order valence-electron chi connectivity index (χ4n) is 3.33. The molecule has 5 rings (SSSR count). The lowest BCUT2D eigenvalue weighted by atomic mass is 10.1. The number of hydrogen-bond donors (Lipinski definition) is 0. The Hall–Kier alpha value is -3.42. The summed E-state index contributed by atoms with van der Waals surface area (Å²) < 4.78 is 16.5. The molecule has 0 saturated carbocycles. The summed E-state index contributed by atoms with van der Waals surface area (Å²) in [4.78, 5) is 27.0. The highest BCUT2D eigenvalue weighted by Gasteiger charge is 2.35. The van der Waals surface area contributed by atoms with Crippen molar-refractivity contribution in [2.24, 2.45) is 0 Å². The van der Waals surface area contributed by atoms with Crippen LogP contribution in [0, 0.1) is 0 Å². The lowest BCUT2D eigenvalue weighted by Crippen LogP contribution is -2.27. The van der Waals surface area contributed by atoms with Crippen LogP contribution in [0.15, 0.2) is 71.6 Å². The first-order chi connectivity index (χ1) is 15.6. The Morgan fingerprint density at radius 1 is 0.969 bits per heavy atom. The maximum absolute atomic E-state index is 12.9. The Kier molecular flexibility index (Phi) is 5.51. The van der Waals surface area contributed by atoms with Crippen molar-refractivity contribution >= 4 is 40.6 Å². The molecule has 2 aliphatic heterocycles. The zero-order valence-corrected chi connectivity index (χ0v) is 18.2. The van der Waals surface area contributed by atoms with E-state index in [2.05, 4.69) is 0 Å². The van der Waals surface area contributed by atoms with Crippen LogP contribution in [0.2, 0.25) is 5.02 Å². The number of carbonyl (C=O) groups excluding carboxylic acids is 2. The summed E-state index contributed by atoms with van der Waals surface area (Å²) in [6, 6.07) is 20.1. The van der Waals surface area contributed by atoms with Gasteiger partial charge in [-0.3, -0.25) is 14.5 Å². The predicted molar refractivity (Wildman–Crippen MR) is 122 cm³/mol. The number of para-hydroxylation sites is 1.